The Bertz CT molecular complexity index is 266. The summed E-state index contributed by atoms with van der Waals surface area (Å²) in [5.74, 6) is 0. The van der Waals surface area contributed by atoms with Crippen LogP contribution in [-0.2, 0) is 4.79 Å². The smallest absolute Gasteiger partial charge is 0.233 e. The highest BCUT2D eigenvalue weighted by atomic mass is 16.1. The van der Waals surface area contributed by atoms with Crippen molar-refractivity contribution in [2.75, 3.05) is 11.9 Å². The highest BCUT2D eigenvalue weighted by Crippen LogP contribution is 2.08. The summed E-state index contributed by atoms with van der Waals surface area (Å²) in [7, 11) is 0. The Hall–Kier alpha value is -1.31. The van der Waals surface area contributed by atoms with Crippen molar-refractivity contribution in [2.45, 2.75) is 26.2 Å². The molecule has 0 saturated heterocycles. The highest BCUT2D eigenvalue weighted by Gasteiger charge is 1.92. The SMILES string of the molecule is CCCCCNc1ccc([C]=O)cc1. The lowest BCUT2D eigenvalue weighted by molar-refractivity contribution is 0.563. The number of hydrogen-bond donors (Lipinski definition) is 1. The van der Waals surface area contributed by atoms with Crippen LogP contribution < -0.4 is 5.32 Å². The van der Waals surface area contributed by atoms with Crippen molar-refractivity contribution in [3.8, 4) is 0 Å². The van der Waals surface area contributed by atoms with E-state index >= 15 is 0 Å². The van der Waals surface area contributed by atoms with Gasteiger partial charge in [-0.3, -0.25) is 4.79 Å². The molecule has 0 heterocycles. The Labute approximate surface area is 85.3 Å². The van der Waals surface area contributed by atoms with Gasteiger partial charge in [0.2, 0.25) is 6.29 Å². The molecule has 0 fully saturated rings. The summed E-state index contributed by atoms with van der Waals surface area (Å²) < 4.78 is 0. The van der Waals surface area contributed by atoms with E-state index in [1.807, 2.05) is 18.4 Å². The predicted molar refractivity (Wildman–Crippen MR) is 59.3 cm³/mol. The van der Waals surface area contributed by atoms with E-state index < -0.39 is 0 Å². The molecule has 2 heteroatoms. The fourth-order valence-electron chi connectivity index (χ4n) is 1.26. The van der Waals surface area contributed by atoms with E-state index in [0.29, 0.717) is 5.56 Å². The van der Waals surface area contributed by atoms with Crippen molar-refractivity contribution >= 4 is 12.0 Å². The van der Waals surface area contributed by atoms with Gasteiger partial charge in [0.25, 0.3) is 0 Å². The van der Waals surface area contributed by atoms with Gasteiger partial charge in [0.05, 0.1) is 0 Å². The third-order valence-electron chi connectivity index (χ3n) is 2.11. The van der Waals surface area contributed by atoms with Gasteiger partial charge in [-0.15, -0.1) is 0 Å². The van der Waals surface area contributed by atoms with Crippen molar-refractivity contribution in [3.05, 3.63) is 29.8 Å². The molecular weight excluding hydrogens is 174 g/mol. The molecule has 2 nitrogen and oxygen atoms in total. The van der Waals surface area contributed by atoms with Crippen LogP contribution in [0.3, 0.4) is 0 Å². The molecule has 0 spiro atoms. The lowest BCUT2D eigenvalue weighted by Crippen LogP contribution is -2.00. The molecule has 0 aliphatic rings. The minimum absolute atomic E-state index is 0.601. The van der Waals surface area contributed by atoms with Crippen LogP contribution in [0.4, 0.5) is 5.69 Å². The van der Waals surface area contributed by atoms with Gasteiger partial charge in [-0.05, 0) is 30.7 Å². The van der Waals surface area contributed by atoms with E-state index in [-0.39, 0.29) is 0 Å². The normalized spacial score (nSPS) is 9.79. The fraction of sp³-hybridized carbons (Fsp3) is 0.417. The molecule has 0 aliphatic heterocycles. The number of benzene rings is 1. The summed E-state index contributed by atoms with van der Waals surface area (Å²) in [5, 5.41) is 3.30. The Morgan fingerprint density at radius 2 is 1.93 bits per heavy atom. The fourth-order valence-corrected chi connectivity index (χ4v) is 1.26. The first kappa shape index (κ1) is 10.8. The Morgan fingerprint density at radius 1 is 1.21 bits per heavy atom. The molecular formula is C12H16NO. The number of rotatable bonds is 6. The zero-order valence-electron chi connectivity index (χ0n) is 8.55. The minimum atomic E-state index is 0.601. The van der Waals surface area contributed by atoms with Crippen molar-refractivity contribution in [1.82, 2.24) is 0 Å². The van der Waals surface area contributed by atoms with E-state index in [4.69, 9.17) is 0 Å². The van der Waals surface area contributed by atoms with Gasteiger partial charge in [-0.25, -0.2) is 0 Å². The molecule has 1 aromatic rings. The van der Waals surface area contributed by atoms with Crippen LogP contribution in [0.2, 0.25) is 0 Å². The third-order valence-corrected chi connectivity index (χ3v) is 2.11. The number of unbranched alkanes of at least 4 members (excludes halogenated alkanes) is 2. The summed E-state index contributed by atoms with van der Waals surface area (Å²) in [6, 6.07) is 7.36. The van der Waals surface area contributed by atoms with Crippen LogP contribution in [0.25, 0.3) is 0 Å². The van der Waals surface area contributed by atoms with Gasteiger partial charge in [-0.2, -0.15) is 0 Å². The van der Waals surface area contributed by atoms with Crippen molar-refractivity contribution < 1.29 is 4.79 Å². The van der Waals surface area contributed by atoms with Crippen molar-refractivity contribution in [1.29, 1.82) is 0 Å². The third kappa shape index (κ3) is 3.60. The molecule has 0 aromatic heterocycles. The first-order valence-electron chi connectivity index (χ1n) is 5.09. The van der Waals surface area contributed by atoms with E-state index in [1.165, 1.54) is 19.3 Å². The average molecular weight is 190 g/mol. The number of nitrogens with one attached hydrogen (secondary N) is 1. The summed E-state index contributed by atoms with van der Waals surface area (Å²) in [6.45, 7) is 3.19. The Balaban J connectivity index is 2.32. The van der Waals surface area contributed by atoms with E-state index in [0.717, 1.165) is 12.2 Å². The molecule has 0 amide bonds. The topological polar surface area (TPSA) is 29.1 Å². The Morgan fingerprint density at radius 3 is 2.50 bits per heavy atom. The zero-order chi connectivity index (χ0) is 10.2. The molecule has 0 saturated carbocycles. The summed E-state index contributed by atoms with van der Waals surface area (Å²) in [4.78, 5) is 10.3. The van der Waals surface area contributed by atoms with Crippen LogP contribution in [0, 0.1) is 0 Å². The molecule has 1 radical (unpaired) electrons. The maximum atomic E-state index is 10.3. The van der Waals surface area contributed by atoms with Crippen molar-refractivity contribution in [3.63, 3.8) is 0 Å². The second-order valence-corrected chi connectivity index (χ2v) is 3.31. The van der Waals surface area contributed by atoms with E-state index in [1.54, 1.807) is 12.1 Å². The van der Waals surface area contributed by atoms with Crippen LogP contribution in [0.5, 0.6) is 0 Å². The lowest BCUT2D eigenvalue weighted by Gasteiger charge is -2.05. The number of anilines is 1. The number of carbonyl (C=O) groups excluding carboxylic acids is 1. The first-order chi connectivity index (χ1) is 6.86. The van der Waals surface area contributed by atoms with Crippen LogP contribution in [-0.4, -0.2) is 12.8 Å². The molecule has 0 atom stereocenters. The first-order valence-corrected chi connectivity index (χ1v) is 5.09. The predicted octanol–water partition coefficient (Wildman–Crippen LogP) is 2.75. The van der Waals surface area contributed by atoms with Gasteiger partial charge in [0, 0.05) is 17.8 Å². The quantitative estimate of drug-likeness (QED) is 0.699. The van der Waals surface area contributed by atoms with E-state index in [9.17, 15) is 4.79 Å². The van der Waals surface area contributed by atoms with Crippen LogP contribution in [0.1, 0.15) is 31.7 Å². The maximum absolute atomic E-state index is 10.3. The molecule has 1 aromatic carbocycles. The highest BCUT2D eigenvalue weighted by molar-refractivity contribution is 5.76. The van der Waals surface area contributed by atoms with E-state index in [2.05, 4.69) is 12.2 Å². The second-order valence-electron chi connectivity index (χ2n) is 3.31. The summed E-state index contributed by atoms with van der Waals surface area (Å²) >= 11 is 0. The molecule has 0 bridgehead atoms. The monoisotopic (exact) mass is 190 g/mol. The maximum Gasteiger partial charge on any atom is 0.233 e. The summed E-state index contributed by atoms with van der Waals surface area (Å²) in [5.41, 5.74) is 1.67. The molecule has 14 heavy (non-hydrogen) atoms. The van der Waals surface area contributed by atoms with Gasteiger partial charge in [-0.1, -0.05) is 19.8 Å². The molecule has 1 rings (SSSR count). The molecule has 0 aliphatic carbocycles. The van der Waals surface area contributed by atoms with Crippen LogP contribution >= 0.6 is 0 Å². The largest absolute Gasteiger partial charge is 0.385 e. The molecule has 1 N–H and O–H groups in total. The Kier molecular flexibility index (Phi) is 4.76. The van der Waals surface area contributed by atoms with Gasteiger partial charge >= 0.3 is 0 Å². The van der Waals surface area contributed by atoms with Gasteiger partial charge < -0.3 is 5.32 Å². The zero-order valence-corrected chi connectivity index (χ0v) is 8.55. The average Bonchev–Trinajstić information content (AvgIpc) is 2.25. The summed E-state index contributed by atoms with van der Waals surface area (Å²) in [6.07, 6.45) is 5.54. The lowest BCUT2D eigenvalue weighted by atomic mass is 10.2. The minimum Gasteiger partial charge on any atom is -0.385 e. The molecule has 75 valence electrons. The van der Waals surface area contributed by atoms with Crippen molar-refractivity contribution in [2.24, 2.45) is 0 Å². The second kappa shape index (κ2) is 6.19. The van der Waals surface area contributed by atoms with Gasteiger partial charge in [0.1, 0.15) is 0 Å². The van der Waals surface area contributed by atoms with Crippen LogP contribution in [0.15, 0.2) is 24.3 Å². The molecule has 0 unspecified atom stereocenters. The van der Waals surface area contributed by atoms with Gasteiger partial charge in [0.15, 0.2) is 0 Å². The standard InChI is InChI=1S/C12H16NO/c1-2-3-4-9-13-12-7-5-11(10-14)6-8-12/h5-8,13H,2-4,9H2,1H3. The number of hydrogen-bond acceptors (Lipinski definition) is 2.